The van der Waals surface area contributed by atoms with Crippen molar-refractivity contribution in [2.45, 2.75) is 40.2 Å². The average molecular weight is 219 g/mol. The molecule has 88 valence electrons. The number of ketones is 1. The molecule has 0 aliphatic rings. The van der Waals surface area contributed by atoms with Crippen molar-refractivity contribution in [3.05, 3.63) is 34.9 Å². The van der Waals surface area contributed by atoms with E-state index in [4.69, 9.17) is 0 Å². The summed E-state index contributed by atoms with van der Waals surface area (Å²) < 4.78 is 0. The van der Waals surface area contributed by atoms with Crippen LogP contribution in [0.25, 0.3) is 0 Å². The van der Waals surface area contributed by atoms with Crippen LogP contribution >= 0.6 is 0 Å². The number of carbonyl (C=O) groups is 1. The number of aryl methyl sites for hydroxylation is 2. The lowest BCUT2D eigenvalue weighted by Crippen LogP contribution is -2.46. The number of benzene rings is 1. The number of hydrogen-bond donors (Lipinski definition) is 1. The molecule has 2 nitrogen and oxygen atoms in total. The van der Waals surface area contributed by atoms with E-state index in [1.807, 2.05) is 45.9 Å². The third-order valence-corrected chi connectivity index (χ3v) is 2.96. The SMILES string of the molecule is CCNC(C)(C)C(=O)c1ccc(C)c(C)c1. The predicted octanol–water partition coefficient (Wildman–Crippen LogP) is 2.87. The summed E-state index contributed by atoms with van der Waals surface area (Å²) in [5.74, 6) is 0.150. The Balaban J connectivity index is 3.01. The van der Waals surface area contributed by atoms with Gasteiger partial charge in [0.15, 0.2) is 5.78 Å². The molecule has 0 saturated carbocycles. The van der Waals surface area contributed by atoms with Gasteiger partial charge in [-0.1, -0.05) is 19.1 Å². The van der Waals surface area contributed by atoms with Crippen LogP contribution < -0.4 is 5.32 Å². The molecule has 0 radical (unpaired) electrons. The summed E-state index contributed by atoms with van der Waals surface area (Å²) in [6, 6.07) is 5.88. The number of rotatable bonds is 4. The first-order valence-electron chi connectivity index (χ1n) is 5.75. The molecule has 16 heavy (non-hydrogen) atoms. The van der Waals surface area contributed by atoms with Gasteiger partial charge < -0.3 is 5.32 Å². The number of likely N-dealkylation sites (N-methyl/N-ethyl adjacent to an activating group) is 1. The zero-order valence-electron chi connectivity index (χ0n) is 10.8. The van der Waals surface area contributed by atoms with Crippen LogP contribution in [0.1, 0.15) is 42.3 Å². The molecular weight excluding hydrogens is 198 g/mol. The fourth-order valence-electron chi connectivity index (χ4n) is 1.77. The van der Waals surface area contributed by atoms with Gasteiger partial charge in [-0.25, -0.2) is 0 Å². The molecule has 0 fully saturated rings. The van der Waals surface area contributed by atoms with Crippen molar-refractivity contribution >= 4 is 5.78 Å². The predicted molar refractivity (Wildman–Crippen MR) is 68.0 cm³/mol. The fraction of sp³-hybridized carbons (Fsp3) is 0.500. The van der Waals surface area contributed by atoms with Crippen LogP contribution in [0, 0.1) is 13.8 Å². The molecule has 0 spiro atoms. The van der Waals surface area contributed by atoms with E-state index in [9.17, 15) is 4.79 Å². The largest absolute Gasteiger partial charge is 0.305 e. The molecule has 0 atom stereocenters. The van der Waals surface area contributed by atoms with Crippen LogP contribution in [0.4, 0.5) is 0 Å². The molecule has 0 heterocycles. The van der Waals surface area contributed by atoms with Crippen molar-refractivity contribution in [3.8, 4) is 0 Å². The quantitative estimate of drug-likeness (QED) is 0.789. The summed E-state index contributed by atoms with van der Waals surface area (Å²) in [5.41, 5.74) is 2.68. The zero-order chi connectivity index (χ0) is 12.3. The first-order valence-corrected chi connectivity index (χ1v) is 5.75. The van der Waals surface area contributed by atoms with Gasteiger partial charge in [-0.3, -0.25) is 4.79 Å². The van der Waals surface area contributed by atoms with Gasteiger partial charge in [-0.15, -0.1) is 0 Å². The molecular formula is C14H21NO. The Labute approximate surface area is 98.1 Å². The molecule has 0 amide bonds. The molecule has 1 aromatic rings. The van der Waals surface area contributed by atoms with Gasteiger partial charge in [-0.05, 0) is 51.4 Å². The van der Waals surface area contributed by atoms with Crippen LogP contribution in [0.15, 0.2) is 18.2 Å². The molecule has 0 aliphatic heterocycles. The molecule has 1 aromatic carbocycles. The lowest BCUT2D eigenvalue weighted by atomic mass is 9.91. The Kier molecular flexibility index (Phi) is 3.87. The second-order valence-corrected chi connectivity index (χ2v) is 4.78. The van der Waals surface area contributed by atoms with E-state index in [0.717, 1.165) is 17.7 Å². The third kappa shape index (κ3) is 2.70. The van der Waals surface area contributed by atoms with Crippen LogP contribution in [-0.4, -0.2) is 17.9 Å². The van der Waals surface area contributed by atoms with Crippen LogP contribution in [-0.2, 0) is 0 Å². The normalized spacial score (nSPS) is 11.6. The van der Waals surface area contributed by atoms with Crippen LogP contribution in [0.5, 0.6) is 0 Å². The van der Waals surface area contributed by atoms with Crippen LogP contribution in [0.2, 0.25) is 0 Å². The van der Waals surface area contributed by atoms with Gasteiger partial charge in [0, 0.05) is 5.56 Å². The van der Waals surface area contributed by atoms with E-state index >= 15 is 0 Å². The molecule has 0 unspecified atom stereocenters. The second kappa shape index (κ2) is 4.79. The molecule has 0 bridgehead atoms. The van der Waals surface area contributed by atoms with Crippen molar-refractivity contribution in [3.63, 3.8) is 0 Å². The third-order valence-electron chi connectivity index (χ3n) is 2.96. The Morgan fingerprint density at radius 3 is 2.38 bits per heavy atom. The maximum Gasteiger partial charge on any atom is 0.182 e. The minimum atomic E-state index is -0.490. The summed E-state index contributed by atoms with van der Waals surface area (Å²) >= 11 is 0. The van der Waals surface area contributed by atoms with E-state index in [2.05, 4.69) is 12.2 Å². The Bertz CT molecular complexity index is 394. The molecule has 0 aromatic heterocycles. The monoisotopic (exact) mass is 219 g/mol. The first kappa shape index (κ1) is 12.9. The number of hydrogen-bond acceptors (Lipinski definition) is 2. The standard InChI is InChI=1S/C14H21NO/c1-6-15-14(4,5)13(16)12-8-7-10(2)11(3)9-12/h7-9,15H,6H2,1-5H3. The molecule has 0 saturated heterocycles. The van der Waals surface area contributed by atoms with Crippen molar-refractivity contribution in [1.29, 1.82) is 0 Å². The summed E-state index contributed by atoms with van der Waals surface area (Å²) in [5, 5.41) is 3.20. The zero-order valence-corrected chi connectivity index (χ0v) is 10.8. The van der Waals surface area contributed by atoms with Gasteiger partial charge >= 0.3 is 0 Å². The van der Waals surface area contributed by atoms with Crippen molar-refractivity contribution < 1.29 is 4.79 Å². The van der Waals surface area contributed by atoms with Crippen molar-refractivity contribution in [2.24, 2.45) is 0 Å². The Morgan fingerprint density at radius 2 is 1.88 bits per heavy atom. The topological polar surface area (TPSA) is 29.1 Å². The fourth-order valence-corrected chi connectivity index (χ4v) is 1.77. The number of carbonyl (C=O) groups excluding carboxylic acids is 1. The molecule has 1 rings (SSSR count). The highest BCUT2D eigenvalue weighted by atomic mass is 16.1. The second-order valence-electron chi connectivity index (χ2n) is 4.78. The Morgan fingerprint density at radius 1 is 1.25 bits per heavy atom. The summed E-state index contributed by atoms with van der Waals surface area (Å²) in [7, 11) is 0. The van der Waals surface area contributed by atoms with E-state index < -0.39 is 5.54 Å². The lowest BCUT2D eigenvalue weighted by molar-refractivity contribution is 0.0884. The first-order chi connectivity index (χ1) is 7.38. The van der Waals surface area contributed by atoms with Gasteiger partial charge in [-0.2, -0.15) is 0 Å². The maximum absolute atomic E-state index is 12.3. The minimum Gasteiger partial charge on any atom is -0.305 e. The van der Waals surface area contributed by atoms with E-state index in [1.54, 1.807) is 0 Å². The average Bonchev–Trinajstić information content (AvgIpc) is 2.21. The van der Waals surface area contributed by atoms with Gasteiger partial charge in [0.1, 0.15) is 0 Å². The summed E-state index contributed by atoms with van der Waals surface area (Å²) in [6.07, 6.45) is 0. The lowest BCUT2D eigenvalue weighted by Gasteiger charge is -2.24. The van der Waals surface area contributed by atoms with Crippen molar-refractivity contribution in [2.75, 3.05) is 6.54 Å². The highest BCUT2D eigenvalue weighted by Gasteiger charge is 2.27. The minimum absolute atomic E-state index is 0.150. The highest BCUT2D eigenvalue weighted by molar-refractivity contribution is 6.02. The number of Topliss-reactive ketones (excluding diaryl/α,β-unsaturated/α-hetero) is 1. The van der Waals surface area contributed by atoms with Gasteiger partial charge in [0.25, 0.3) is 0 Å². The van der Waals surface area contributed by atoms with Gasteiger partial charge in [0.05, 0.1) is 5.54 Å². The smallest absolute Gasteiger partial charge is 0.182 e. The molecule has 2 heteroatoms. The summed E-state index contributed by atoms with van der Waals surface area (Å²) in [4.78, 5) is 12.3. The van der Waals surface area contributed by atoms with E-state index in [-0.39, 0.29) is 5.78 Å². The molecule has 0 aliphatic carbocycles. The Hall–Kier alpha value is -1.15. The maximum atomic E-state index is 12.3. The van der Waals surface area contributed by atoms with Crippen LogP contribution in [0.3, 0.4) is 0 Å². The van der Waals surface area contributed by atoms with E-state index in [1.165, 1.54) is 5.56 Å². The summed E-state index contributed by atoms with van der Waals surface area (Å²) in [6.45, 7) is 10.7. The highest BCUT2D eigenvalue weighted by Crippen LogP contribution is 2.16. The van der Waals surface area contributed by atoms with Crippen molar-refractivity contribution in [1.82, 2.24) is 5.32 Å². The van der Waals surface area contributed by atoms with E-state index in [0.29, 0.717) is 0 Å². The number of nitrogens with one attached hydrogen (secondary N) is 1. The van der Waals surface area contributed by atoms with Gasteiger partial charge in [0.2, 0.25) is 0 Å². The molecule has 1 N–H and O–H groups in total.